The fourth-order valence-corrected chi connectivity index (χ4v) is 3.40. The lowest BCUT2D eigenvalue weighted by Gasteiger charge is -2.31. The molecular formula is C22H21ClFN5O3. The van der Waals surface area contributed by atoms with Gasteiger partial charge in [-0.3, -0.25) is 9.78 Å². The van der Waals surface area contributed by atoms with Gasteiger partial charge in [0, 0.05) is 24.0 Å². The summed E-state index contributed by atoms with van der Waals surface area (Å²) in [5.41, 5.74) is -0.0522. The number of fused-ring (bicyclic) bond motifs is 1. The number of carbonyl (C=O) groups excluding carboxylic acids is 1. The molecule has 0 atom stereocenters. The van der Waals surface area contributed by atoms with E-state index in [2.05, 4.69) is 20.3 Å². The smallest absolute Gasteiger partial charge is 0.255 e. The molecule has 8 nitrogen and oxygen atoms in total. The van der Waals surface area contributed by atoms with Gasteiger partial charge in [-0.25, -0.2) is 14.4 Å². The number of hydrogen-bond acceptors (Lipinski definition) is 7. The number of benzene rings is 1. The number of carbonyl (C=O) groups is 1. The molecule has 2 N–H and O–H groups in total. The molecule has 0 bridgehead atoms. The van der Waals surface area contributed by atoms with Crippen molar-refractivity contribution in [1.82, 2.24) is 20.3 Å². The van der Waals surface area contributed by atoms with Crippen LogP contribution in [0.5, 0.6) is 5.75 Å². The van der Waals surface area contributed by atoms with E-state index in [1.807, 2.05) is 0 Å². The first-order chi connectivity index (χ1) is 15.2. The molecule has 1 amide bonds. The number of aromatic nitrogens is 3. The first kappa shape index (κ1) is 21.9. The van der Waals surface area contributed by atoms with Crippen molar-refractivity contribution in [3.8, 4) is 17.1 Å². The van der Waals surface area contributed by atoms with Crippen LogP contribution < -0.4 is 15.0 Å². The van der Waals surface area contributed by atoms with E-state index in [4.69, 9.17) is 16.3 Å². The lowest BCUT2D eigenvalue weighted by molar-refractivity contribution is 0.0694. The summed E-state index contributed by atoms with van der Waals surface area (Å²) >= 11 is 6.03. The third-order valence-electron chi connectivity index (χ3n) is 4.75. The fraction of sp³-hybridized carbons (Fsp3) is 0.273. The molecule has 10 heteroatoms. The van der Waals surface area contributed by atoms with Crippen molar-refractivity contribution in [2.45, 2.75) is 19.4 Å². The monoisotopic (exact) mass is 457 g/mol. The molecule has 4 rings (SSSR count). The van der Waals surface area contributed by atoms with Crippen molar-refractivity contribution in [3.05, 3.63) is 59.3 Å². The van der Waals surface area contributed by atoms with Crippen LogP contribution in [0.15, 0.2) is 42.9 Å². The maximum Gasteiger partial charge on any atom is 0.255 e. The Morgan fingerprint density at radius 2 is 2.16 bits per heavy atom. The lowest BCUT2D eigenvalue weighted by atomic mass is 10.1. The van der Waals surface area contributed by atoms with Crippen molar-refractivity contribution in [3.63, 3.8) is 0 Å². The SMILES string of the molecule is CC(C)(O)CNC(=O)c1cnccc1N1CCOc2cnc(-c3cc(Cl)ccc3F)nc21. The van der Waals surface area contributed by atoms with Gasteiger partial charge in [-0.2, -0.15) is 0 Å². The van der Waals surface area contributed by atoms with E-state index in [1.165, 1.54) is 30.6 Å². The average Bonchev–Trinajstić information content (AvgIpc) is 2.78. The van der Waals surface area contributed by atoms with Crippen molar-refractivity contribution in [2.24, 2.45) is 0 Å². The average molecular weight is 458 g/mol. The number of halogens is 2. The Labute approximate surface area is 189 Å². The quantitative estimate of drug-likeness (QED) is 0.605. The Morgan fingerprint density at radius 1 is 1.34 bits per heavy atom. The number of anilines is 2. The van der Waals surface area contributed by atoms with Gasteiger partial charge in [-0.05, 0) is 38.1 Å². The molecular weight excluding hydrogens is 437 g/mol. The summed E-state index contributed by atoms with van der Waals surface area (Å²) in [6.45, 7) is 4.01. The van der Waals surface area contributed by atoms with Gasteiger partial charge in [-0.1, -0.05) is 11.6 Å². The highest BCUT2D eigenvalue weighted by molar-refractivity contribution is 6.30. The highest BCUT2D eigenvalue weighted by atomic mass is 35.5. The fourth-order valence-electron chi connectivity index (χ4n) is 3.23. The van der Waals surface area contributed by atoms with Crippen molar-refractivity contribution < 1.29 is 19.0 Å². The summed E-state index contributed by atoms with van der Waals surface area (Å²) in [5, 5.41) is 13.0. The highest BCUT2D eigenvalue weighted by Crippen LogP contribution is 2.37. The van der Waals surface area contributed by atoms with E-state index < -0.39 is 17.3 Å². The molecule has 0 spiro atoms. The number of nitrogens with zero attached hydrogens (tertiary/aromatic N) is 4. The number of ether oxygens (including phenoxy) is 1. The van der Waals surface area contributed by atoms with Crippen LogP contribution >= 0.6 is 11.6 Å². The molecule has 1 aliphatic heterocycles. The zero-order valence-corrected chi connectivity index (χ0v) is 18.2. The van der Waals surface area contributed by atoms with E-state index >= 15 is 0 Å². The van der Waals surface area contributed by atoms with Crippen LogP contribution in [0.4, 0.5) is 15.9 Å². The second kappa shape index (κ2) is 8.68. The molecule has 0 fully saturated rings. The minimum absolute atomic E-state index is 0.0697. The van der Waals surface area contributed by atoms with Crippen LogP contribution in [-0.4, -0.2) is 51.3 Å². The summed E-state index contributed by atoms with van der Waals surface area (Å²) in [7, 11) is 0. The third-order valence-corrected chi connectivity index (χ3v) is 4.98. The predicted octanol–water partition coefficient (Wildman–Crippen LogP) is 3.36. The number of rotatable bonds is 5. The van der Waals surface area contributed by atoms with Crippen LogP contribution in [0.25, 0.3) is 11.4 Å². The normalized spacial score (nSPS) is 13.3. The van der Waals surface area contributed by atoms with E-state index in [0.29, 0.717) is 41.0 Å². The van der Waals surface area contributed by atoms with E-state index in [-0.39, 0.29) is 17.9 Å². The maximum absolute atomic E-state index is 14.4. The summed E-state index contributed by atoms with van der Waals surface area (Å²) in [6, 6.07) is 5.84. The number of nitrogens with one attached hydrogen (secondary N) is 1. The summed E-state index contributed by atoms with van der Waals surface area (Å²) in [5.74, 6) is 0.0402. The second-order valence-electron chi connectivity index (χ2n) is 7.89. The largest absolute Gasteiger partial charge is 0.486 e. The Kier molecular flexibility index (Phi) is 5.94. The van der Waals surface area contributed by atoms with Crippen molar-refractivity contribution in [1.29, 1.82) is 0 Å². The third kappa shape index (κ3) is 4.63. The van der Waals surface area contributed by atoms with Gasteiger partial charge >= 0.3 is 0 Å². The van der Waals surface area contributed by atoms with Gasteiger partial charge in [0.05, 0.1) is 35.2 Å². The van der Waals surface area contributed by atoms with Gasteiger partial charge in [-0.15, -0.1) is 0 Å². The molecule has 32 heavy (non-hydrogen) atoms. The predicted molar refractivity (Wildman–Crippen MR) is 118 cm³/mol. The molecule has 0 radical (unpaired) electrons. The molecule has 3 aromatic rings. The minimum Gasteiger partial charge on any atom is -0.486 e. The zero-order valence-electron chi connectivity index (χ0n) is 17.5. The van der Waals surface area contributed by atoms with Gasteiger partial charge < -0.3 is 20.1 Å². The van der Waals surface area contributed by atoms with Crippen LogP contribution in [0.2, 0.25) is 5.02 Å². The number of pyridine rings is 1. The van der Waals surface area contributed by atoms with Gasteiger partial charge in [0.25, 0.3) is 5.91 Å². The Balaban J connectivity index is 1.74. The molecule has 3 heterocycles. The van der Waals surface area contributed by atoms with Crippen molar-refractivity contribution in [2.75, 3.05) is 24.6 Å². The minimum atomic E-state index is -1.06. The summed E-state index contributed by atoms with van der Waals surface area (Å²) < 4.78 is 20.1. The molecule has 0 unspecified atom stereocenters. The van der Waals surface area contributed by atoms with Crippen LogP contribution in [-0.2, 0) is 0 Å². The standard InChI is InChI=1S/C22H21ClFN5O3/c1-22(2,31)12-27-21(30)15-10-25-6-5-17(15)29-7-8-32-18-11-26-19(28-20(18)29)14-9-13(23)3-4-16(14)24/h3-6,9-11,31H,7-8,12H2,1-2H3,(H,27,30). The molecule has 2 aromatic heterocycles. The number of hydrogen-bond donors (Lipinski definition) is 2. The number of amides is 1. The Hall–Kier alpha value is -3.30. The Bertz CT molecular complexity index is 1170. The maximum atomic E-state index is 14.4. The van der Waals surface area contributed by atoms with E-state index in [9.17, 15) is 14.3 Å². The van der Waals surface area contributed by atoms with Crippen LogP contribution in [0.1, 0.15) is 24.2 Å². The van der Waals surface area contributed by atoms with Gasteiger partial charge in [0.15, 0.2) is 17.4 Å². The summed E-state index contributed by atoms with van der Waals surface area (Å²) in [6.07, 6.45) is 4.48. The topological polar surface area (TPSA) is 100 Å². The van der Waals surface area contributed by atoms with Gasteiger partial charge in [0.1, 0.15) is 12.4 Å². The first-order valence-electron chi connectivity index (χ1n) is 9.90. The van der Waals surface area contributed by atoms with Gasteiger partial charge in [0.2, 0.25) is 0 Å². The molecule has 0 saturated carbocycles. The Morgan fingerprint density at radius 3 is 2.94 bits per heavy atom. The zero-order chi connectivity index (χ0) is 22.9. The lowest BCUT2D eigenvalue weighted by Crippen LogP contribution is -2.39. The molecule has 1 aromatic carbocycles. The first-order valence-corrected chi connectivity index (χ1v) is 10.3. The molecule has 0 aliphatic carbocycles. The van der Waals surface area contributed by atoms with Crippen LogP contribution in [0, 0.1) is 5.82 Å². The molecule has 166 valence electrons. The van der Waals surface area contributed by atoms with E-state index in [1.54, 1.807) is 31.0 Å². The molecule has 0 saturated heterocycles. The second-order valence-corrected chi connectivity index (χ2v) is 8.33. The van der Waals surface area contributed by atoms with Crippen LogP contribution in [0.3, 0.4) is 0 Å². The van der Waals surface area contributed by atoms with E-state index in [0.717, 1.165) is 0 Å². The number of aliphatic hydroxyl groups is 1. The molecule has 1 aliphatic rings. The van der Waals surface area contributed by atoms with Crippen molar-refractivity contribution >= 4 is 29.0 Å². The highest BCUT2D eigenvalue weighted by Gasteiger charge is 2.27. The summed E-state index contributed by atoms with van der Waals surface area (Å²) in [4.78, 5) is 27.4.